The lowest BCUT2D eigenvalue weighted by atomic mass is 10.1. The maximum absolute atomic E-state index is 12.3. The molecule has 1 aliphatic carbocycles. The maximum atomic E-state index is 12.3. The van der Waals surface area contributed by atoms with Gasteiger partial charge < -0.3 is 20.9 Å². The number of carbonyl (C=O) groups is 1. The Morgan fingerprint density at radius 2 is 1.95 bits per heavy atom. The minimum Gasteiger partial charge on any atom is -0.333 e. The Bertz CT molecular complexity index is 496. The van der Waals surface area contributed by atoms with Gasteiger partial charge in [0.1, 0.15) is 0 Å². The summed E-state index contributed by atoms with van der Waals surface area (Å²) in [7, 11) is 2.08. The fourth-order valence-corrected chi connectivity index (χ4v) is 3.03. The summed E-state index contributed by atoms with van der Waals surface area (Å²) >= 11 is 0. The first-order valence-electron chi connectivity index (χ1n) is 7.22. The van der Waals surface area contributed by atoms with Crippen LogP contribution in [0.4, 0.5) is 4.79 Å². The van der Waals surface area contributed by atoms with Crippen molar-refractivity contribution in [2.24, 2.45) is 5.73 Å². The Hall–Kier alpha value is -1.59. The SMILES string of the molecule is CN1CCN(C(=O)N[C@@H]2Cc3ccccc3[C@H]2N)CC1. The third-order valence-corrected chi connectivity index (χ3v) is 4.39. The monoisotopic (exact) mass is 274 g/mol. The summed E-state index contributed by atoms with van der Waals surface area (Å²) < 4.78 is 0. The maximum Gasteiger partial charge on any atom is 0.317 e. The van der Waals surface area contributed by atoms with Crippen molar-refractivity contribution < 1.29 is 4.79 Å². The second-order valence-corrected chi connectivity index (χ2v) is 5.78. The standard InChI is InChI=1S/C15H22N4O/c1-18-6-8-19(9-7-18)15(20)17-13-10-11-4-2-3-5-12(11)14(13)16/h2-5,13-14H,6-10,16H2,1H3,(H,17,20)/t13-,14-/m1/s1. The van der Waals surface area contributed by atoms with Gasteiger partial charge in [-0.3, -0.25) is 0 Å². The highest BCUT2D eigenvalue weighted by Gasteiger charge is 2.31. The number of nitrogens with one attached hydrogen (secondary N) is 1. The lowest BCUT2D eigenvalue weighted by molar-refractivity contribution is 0.151. The average Bonchev–Trinajstić information content (AvgIpc) is 2.77. The van der Waals surface area contributed by atoms with Crippen LogP contribution in [0.3, 0.4) is 0 Å². The molecule has 0 spiro atoms. The Balaban J connectivity index is 1.61. The second kappa shape index (κ2) is 5.42. The molecule has 1 aromatic carbocycles. The molecule has 0 saturated carbocycles. The molecule has 0 unspecified atom stereocenters. The Labute approximate surface area is 119 Å². The summed E-state index contributed by atoms with van der Waals surface area (Å²) in [6.45, 7) is 3.45. The fourth-order valence-electron chi connectivity index (χ4n) is 3.03. The van der Waals surface area contributed by atoms with Gasteiger partial charge in [-0.25, -0.2) is 4.79 Å². The second-order valence-electron chi connectivity index (χ2n) is 5.78. The molecule has 20 heavy (non-hydrogen) atoms. The van der Waals surface area contributed by atoms with Crippen LogP contribution in [0.15, 0.2) is 24.3 Å². The van der Waals surface area contributed by atoms with Crippen molar-refractivity contribution in [2.45, 2.75) is 18.5 Å². The third kappa shape index (κ3) is 2.51. The van der Waals surface area contributed by atoms with Crippen LogP contribution in [0.2, 0.25) is 0 Å². The lowest BCUT2D eigenvalue weighted by Gasteiger charge is -2.33. The number of fused-ring (bicyclic) bond motifs is 1. The number of carbonyl (C=O) groups excluding carboxylic acids is 1. The summed E-state index contributed by atoms with van der Waals surface area (Å²) in [5, 5.41) is 3.10. The van der Waals surface area contributed by atoms with Crippen molar-refractivity contribution in [3.05, 3.63) is 35.4 Å². The van der Waals surface area contributed by atoms with E-state index in [0.29, 0.717) is 0 Å². The molecule has 0 aromatic heterocycles. The first-order valence-corrected chi connectivity index (χ1v) is 7.22. The molecule has 0 bridgehead atoms. The zero-order valence-electron chi connectivity index (χ0n) is 11.9. The first-order chi connectivity index (χ1) is 9.65. The molecule has 1 heterocycles. The van der Waals surface area contributed by atoms with Gasteiger partial charge >= 0.3 is 6.03 Å². The molecular weight excluding hydrogens is 252 g/mol. The van der Waals surface area contributed by atoms with Crippen LogP contribution in [0.25, 0.3) is 0 Å². The van der Waals surface area contributed by atoms with E-state index in [1.807, 2.05) is 17.0 Å². The topological polar surface area (TPSA) is 61.6 Å². The highest BCUT2D eigenvalue weighted by atomic mass is 16.2. The molecule has 108 valence electrons. The van der Waals surface area contributed by atoms with Crippen LogP contribution in [-0.2, 0) is 6.42 Å². The number of amides is 2. The quantitative estimate of drug-likeness (QED) is 0.787. The summed E-state index contributed by atoms with van der Waals surface area (Å²) in [6.07, 6.45) is 0.830. The molecule has 1 aliphatic heterocycles. The van der Waals surface area contributed by atoms with Gasteiger partial charge in [0.05, 0.1) is 12.1 Å². The van der Waals surface area contributed by atoms with E-state index < -0.39 is 0 Å². The van der Waals surface area contributed by atoms with E-state index in [1.54, 1.807) is 0 Å². The van der Waals surface area contributed by atoms with E-state index in [9.17, 15) is 4.79 Å². The van der Waals surface area contributed by atoms with Crippen molar-refractivity contribution >= 4 is 6.03 Å². The number of rotatable bonds is 1. The van der Waals surface area contributed by atoms with E-state index >= 15 is 0 Å². The van der Waals surface area contributed by atoms with Gasteiger partial charge in [0.2, 0.25) is 0 Å². The molecule has 1 aromatic rings. The smallest absolute Gasteiger partial charge is 0.317 e. The number of benzene rings is 1. The summed E-state index contributed by atoms with van der Waals surface area (Å²) in [5.74, 6) is 0. The fraction of sp³-hybridized carbons (Fsp3) is 0.533. The van der Waals surface area contributed by atoms with Gasteiger partial charge in [0.15, 0.2) is 0 Å². The summed E-state index contributed by atoms with van der Waals surface area (Å²) in [5.41, 5.74) is 8.67. The lowest BCUT2D eigenvalue weighted by Crippen LogP contribution is -2.53. The van der Waals surface area contributed by atoms with Gasteiger partial charge in [-0.15, -0.1) is 0 Å². The Morgan fingerprint density at radius 1 is 1.25 bits per heavy atom. The van der Waals surface area contributed by atoms with Gasteiger partial charge in [-0.1, -0.05) is 24.3 Å². The van der Waals surface area contributed by atoms with Crippen LogP contribution in [0, 0.1) is 0 Å². The van der Waals surface area contributed by atoms with Crippen LogP contribution in [0.1, 0.15) is 17.2 Å². The highest BCUT2D eigenvalue weighted by Crippen LogP contribution is 2.29. The van der Waals surface area contributed by atoms with Gasteiger partial charge in [0, 0.05) is 26.2 Å². The van der Waals surface area contributed by atoms with Crippen LogP contribution in [-0.4, -0.2) is 55.1 Å². The van der Waals surface area contributed by atoms with E-state index in [4.69, 9.17) is 5.73 Å². The normalized spacial score (nSPS) is 26.4. The molecule has 2 atom stereocenters. The number of piperazine rings is 1. The highest BCUT2D eigenvalue weighted by molar-refractivity contribution is 5.75. The molecule has 1 fully saturated rings. The van der Waals surface area contributed by atoms with Gasteiger partial charge in [0.25, 0.3) is 0 Å². The predicted molar refractivity (Wildman–Crippen MR) is 78.5 cm³/mol. The van der Waals surface area contributed by atoms with Gasteiger partial charge in [-0.2, -0.15) is 0 Å². The molecular formula is C15H22N4O. The number of urea groups is 1. The van der Waals surface area contributed by atoms with Crippen LogP contribution < -0.4 is 11.1 Å². The molecule has 1 saturated heterocycles. The number of nitrogens with zero attached hydrogens (tertiary/aromatic N) is 2. The van der Waals surface area contributed by atoms with Crippen molar-refractivity contribution in [3.63, 3.8) is 0 Å². The largest absolute Gasteiger partial charge is 0.333 e. The van der Waals surface area contributed by atoms with Crippen molar-refractivity contribution in [1.29, 1.82) is 0 Å². The van der Waals surface area contributed by atoms with Crippen LogP contribution in [0.5, 0.6) is 0 Å². The zero-order chi connectivity index (χ0) is 14.1. The van der Waals surface area contributed by atoms with Crippen molar-refractivity contribution in [1.82, 2.24) is 15.1 Å². The molecule has 0 radical (unpaired) electrons. The Kier molecular flexibility index (Phi) is 3.63. The summed E-state index contributed by atoms with van der Waals surface area (Å²) in [4.78, 5) is 16.4. The number of likely N-dealkylation sites (N-methyl/N-ethyl adjacent to an activating group) is 1. The summed E-state index contributed by atoms with van der Waals surface area (Å²) in [6, 6.07) is 8.12. The van der Waals surface area contributed by atoms with Gasteiger partial charge in [-0.05, 0) is 24.6 Å². The molecule has 2 amide bonds. The van der Waals surface area contributed by atoms with Crippen molar-refractivity contribution in [2.75, 3.05) is 33.2 Å². The zero-order valence-corrected chi connectivity index (χ0v) is 11.9. The minimum absolute atomic E-state index is 0.0135. The molecule has 2 aliphatic rings. The van der Waals surface area contributed by atoms with E-state index in [1.165, 1.54) is 5.56 Å². The number of hydrogen-bond donors (Lipinski definition) is 2. The Morgan fingerprint density at radius 3 is 2.65 bits per heavy atom. The average molecular weight is 274 g/mol. The third-order valence-electron chi connectivity index (χ3n) is 4.39. The molecule has 3 N–H and O–H groups in total. The first kappa shape index (κ1) is 13.4. The molecule has 3 rings (SSSR count). The predicted octanol–water partition coefficient (Wildman–Crippen LogP) is 0.568. The molecule has 5 nitrogen and oxygen atoms in total. The number of hydrogen-bond acceptors (Lipinski definition) is 3. The van der Waals surface area contributed by atoms with Crippen LogP contribution >= 0.6 is 0 Å². The van der Waals surface area contributed by atoms with E-state index in [2.05, 4.69) is 29.4 Å². The molecule has 5 heteroatoms. The van der Waals surface area contributed by atoms with Crippen molar-refractivity contribution in [3.8, 4) is 0 Å². The van der Waals surface area contributed by atoms with E-state index in [0.717, 1.165) is 38.2 Å². The number of nitrogens with two attached hydrogens (primary N) is 1. The van der Waals surface area contributed by atoms with E-state index in [-0.39, 0.29) is 18.1 Å². The minimum atomic E-state index is -0.0948.